The van der Waals surface area contributed by atoms with E-state index in [9.17, 15) is 4.79 Å². The number of nitrogens with zero attached hydrogens (tertiary/aromatic N) is 4. The molecule has 0 unspecified atom stereocenters. The lowest BCUT2D eigenvalue weighted by Gasteiger charge is -2.14. The molecule has 3 N–H and O–H groups in total. The molecule has 0 saturated carbocycles. The Bertz CT molecular complexity index is 884. The van der Waals surface area contributed by atoms with Crippen LogP contribution < -0.4 is 11.1 Å². The highest BCUT2D eigenvalue weighted by Crippen LogP contribution is 2.18. The molecule has 0 aliphatic carbocycles. The second-order valence-electron chi connectivity index (χ2n) is 6.37. The van der Waals surface area contributed by atoms with Crippen LogP contribution in [0.5, 0.6) is 0 Å². The van der Waals surface area contributed by atoms with Gasteiger partial charge in [0, 0.05) is 19.6 Å². The van der Waals surface area contributed by atoms with E-state index in [4.69, 9.17) is 5.73 Å². The first kappa shape index (κ1) is 17.0. The van der Waals surface area contributed by atoms with Gasteiger partial charge in [0.15, 0.2) is 5.65 Å². The predicted octanol–water partition coefficient (Wildman–Crippen LogP) is 1.92. The smallest absolute Gasteiger partial charge is 0.270 e. The highest BCUT2D eigenvalue weighted by Gasteiger charge is 2.16. The zero-order chi connectivity index (χ0) is 18.0. The second-order valence-corrected chi connectivity index (χ2v) is 6.37. The fraction of sp³-hybridized carbons (Fsp3) is 0.333. The first-order chi connectivity index (χ1) is 12.0. The average Bonchev–Trinajstić information content (AvgIpc) is 3.00. The van der Waals surface area contributed by atoms with Gasteiger partial charge in [-0.3, -0.25) is 9.48 Å². The van der Waals surface area contributed by atoms with Crippen molar-refractivity contribution in [1.82, 2.24) is 25.1 Å². The van der Waals surface area contributed by atoms with Crippen molar-refractivity contribution in [3.05, 3.63) is 53.6 Å². The number of hydrogen-bond acceptors (Lipinski definition) is 5. The summed E-state index contributed by atoms with van der Waals surface area (Å²) < 4.78 is 1.61. The quantitative estimate of drug-likeness (QED) is 0.740. The summed E-state index contributed by atoms with van der Waals surface area (Å²) in [6.45, 7) is 4.62. The molecule has 0 bridgehead atoms. The van der Waals surface area contributed by atoms with Crippen molar-refractivity contribution in [3.63, 3.8) is 0 Å². The number of rotatable bonds is 5. The number of nitrogens with two attached hydrogens (primary N) is 1. The zero-order valence-corrected chi connectivity index (χ0v) is 14.6. The molecule has 0 aliphatic heterocycles. The summed E-state index contributed by atoms with van der Waals surface area (Å²) in [5, 5.41) is 7.58. The van der Waals surface area contributed by atoms with E-state index < -0.39 is 0 Å². The topological polar surface area (TPSA) is 98.7 Å². The summed E-state index contributed by atoms with van der Waals surface area (Å²) in [5.74, 6) is 0.194. The molecule has 0 radical (unpaired) electrons. The van der Waals surface area contributed by atoms with Gasteiger partial charge in [0.1, 0.15) is 12.0 Å². The van der Waals surface area contributed by atoms with Crippen LogP contribution in [-0.2, 0) is 7.05 Å². The Morgan fingerprint density at radius 2 is 1.88 bits per heavy atom. The number of amides is 1. The lowest BCUT2D eigenvalue weighted by Crippen LogP contribution is -2.32. The van der Waals surface area contributed by atoms with Crippen LogP contribution in [0.2, 0.25) is 0 Å². The molecule has 0 fully saturated rings. The van der Waals surface area contributed by atoms with E-state index in [1.807, 2.05) is 12.1 Å². The van der Waals surface area contributed by atoms with Crippen molar-refractivity contribution >= 4 is 16.9 Å². The average molecular weight is 338 g/mol. The maximum Gasteiger partial charge on any atom is 0.270 e. The van der Waals surface area contributed by atoms with Crippen molar-refractivity contribution in [2.24, 2.45) is 12.8 Å². The molecular weight excluding hydrogens is 316 g/mol. The first-order valence-corrected chi connectivity index (χ1v) is 8.23. The maximum absolute atomic E-state index is 12.5. The van der Waals surface area contributed by atoms with E-state index in [1.165, 1.54) is 11.9 Å². The Balaban J connectivity index is 1.69. The van der Waals surface area contributed by atoms with Crippen LogP contribution in [0.4, 0.5) is 0 Å². The van der Waals surface area contributed by atoms with Gasteiger partial charge in [-0.25, -0.2) is 9.97 Å². The minimum Gasteiger partial charge on any atom is -0.349 e. The standard InChI is InChI=1S/C18H22N6O/c1-11(2)12-4-6-13(7-5-12)15(19)9-20-18(25)16-14-8-23-24(3)17(14)22-10-21-16/h4-8,10-11,15H,9,19H2,1-3H3,(H,20,25)/t15-/m0/s1. The van der Waals surface area contributed by atoms with Gasteiger partial charge in [-0.2, -0.15) is 5.10 Å². The summed E-state index contributed by atoms with van der Waals surface area (Å²) in [4.78, 5) is 20.7. The first-order valence-electron chi connectivity index (χ1n) is 8.23. The Labute approximate surface area is 146 Å². The number of benzene rings is 1. The van der Waals surface area contributed by atoms with Gasteiger partial charge in [-0.1, -0.05) is 38.1 Å². The van der Waals surface area contributed by atoms with Crippen LogP contribution in [0.15, 0.2) is 36.8 Å². The van der Waals surface area contributed by atoms with Crippen molar-refractivity contribution in [2.75, 3.05) is 6.54 Å². The van der Waals surface area contributed by atoms with E-state index in [1.54, 1.807) is 17.9 Å². The third-order valence-corrected chi connectivity index (χ3v) is 4.26. The maximum atomic E-state index is 12.5. The van der Waals surface area contributed by atoms with Gasteiger partial charge < -0.3 is 11.1 Å². The number of carbonyl (C=O) groups excluding carboxylic acids is 1. The third kappa shape index (κ3) is 3.51. The number of hydrogen-bond donors (Lipinski definition) is 2. The summed E-state index contributed by atoms with van der Waals surface area (Å²) in [6, 6.07) is 7.89. The molecule has 130 valence electrons. The van der Waals surface area contributed by atoms with Gasteiger partial charge >= 0.3 is 0 Å². The molecule has 0 aliphatic rings. The van der Waals surface area contributed by atoms with E-state index >= 15 is 0 Å². The molecule has 1 amide bonds. The number of fused-ring (bicyclic) bond motifs is 1. The molecule has 1 aromatic carbocycles. The van der Waals surface area contributed by atoms with E-state index in [-0.39, 0.29) is 11.9 Å². The molecule has 25 heavy (non-hydrogen) atoms. The highest BCUT2D eigenvalue weighted by atomic mass is 16.1. The lowest BCUT2D eigenvalue weighted by molar-refractivity contribution is 0.0948. The number of aryl methyl sites for hydroxylation is 1. The van der Waals surface area contributed by atoms with E-state index in [0.29, 0.717) is 29.2 Å². The van der Waals surface area contributed by atoms with E-state index in [0.717, 1.165) is 5.56 Å². The molecule has 7 heteroatoms. The zero-order valence-electron chi connectivity index (χ0n) is 14.6. The van der Waals surface area contributed by atoms with Crippen LogP contribution in [-0.4, -0.2) is 32.2 Å². The number of aromatic nitrogens is 4. The minimum absolute atomic E-state index is 0.281. The third-order valence-electron chi connectivity index (χ3n) is 4.26. The van der Waals surface area contributed by atoms with Crippen LogP contribution in [0.1, 0.15) is 47.4 Å². The highest BCUT2D eigenvalue weighted by molar-refractivity contribution is 6.03. The van der Waals surface area contributed by atoms with Crippen molar-refractivity contribution < 1.29 is 4.79 Å². The van der Waals surface area contributed by atoms with Gasteiger partial charge in [0.2, 0.25) is 0 Å². The molecule has 0 spiro atoms. The van der Waals surface area contributed by atoms with Crippen molar-refractivity contribution in [2.45, 2.75) is 25.8 Å². The Morgan fingerprint density at radius 1 is 1.20 bits per heavy atom. The Kier molecular flexibility index (Phi) is 4.76. The molecule has 3 aromatic rings. The monoisotopic (exact) mass is 338 g/mol. The molecular formula is C18H22N6O. The molecule has 2 aromatic heterocycles. The molecule has 0 saturated heterocycles. The normalized spacial score (nSPS) is 12.5. The SMILES string of the molecule is CC(C)c1ccc([C@@H](N)CNC(=O)c2ncnc3c2cnn3C)cc1. The molecule has 7 nitrogen and oxygen atoms in total. The van der Waals surface area contributed by atoms with Crippen LogP contribution >= 0.6 is 0 Å². The van der Waals surface area contributed by atoms with Crippen LogP contribution in [0, 0.1) is 0 Å². The van der Waals surface area contributed by atoms with Crippen LogP contribution in [0.3, 0.4) is 0 Å². The Hall–Kier alpha value is -2.80. The number of carbonyl (C=O) groups is 1. The van der Waals surface area contributed by atoms with Crippen molar-refractivity contribution in [3.8, 4) is 0 Å². The van der Waals surface area contributed by atoms with E-state index in [2.05, 4.69) is 46.4 Å². The summed E-state index contributed by atoms with van der Waals surface area (Å²) in [5.41, 5.74) is 9.37. The van der Waals surface area contributed by atoms with Gasteiger partial charge in [0.25, 0.3) is 5.91 Å². The predicted molar refractivity (Wildman–Crippen MR) is 96.1 cm³/mol. The molecule has 2 heterocycles. The molecule has 3 rings (SSSR count). The summed E-state index contributed by atoms with van der Waals surface area (Å²) in [7, 11) is 1.77. The summed E-state index contributed by atoms with van der Waals surface area (Å²) in [6.07, 6.45) is 2.96. The second kappa shape index (κ2) is 6.98. The fourth-order valence-corrected chi connectivity index (χ4v) is 2.68. The minimum atomic E-state index is -0.283. The largest absolute Gasteiger partial charge is 0.349 e. The van der Waals surface area contributed by atoms with Crippen LogP contribution in [0.25, 0.3) is 11.0 Å². The lowest BCUT2D eigenvalue weighted by atomic mass is 9.99. The Morgan fingerprint density at radius 3 is 2.56 bits per heavy atom. The van der Waals surface area contributed by atoms with Gasteiger partial charge in [-0.15, -0.1) is 0 Å². The van der Waals surface area contributed by atoms with Gasteiger partial charge in [0.05, 0.1) is 11.6 Å². The number of nitrogens with one attached hydrogen (secondary N) is 1. The van der Waals surface area contributed by atoms with Crippen molar-refractivity contribution in [1.29, 1.82) is 0 Å². The molecule has 1 atom stereocenters. The summed E-state index contributed by atoms with van der Waals surface area (Å²) >= 11 is 0. The fourth-order valence-electron chi connectivity index (χ4n) is 2.68. The van der Waals surface area contributed by atoms with Gasteiger partial charge in [-0.05, 0) is 17.0 Å².